The first kappa shape index (κ1) is 12.2. The van der Waals surface area contributed by atoms with E-state index in [9.17, 15) is 0 Å². The van der Waals surface area contributed by atoms with E-state index < -0.39 is 0 Å². The highest BCUT2D eigenvalue weighted by atomic mass is 15.1. The van der Waals surface area contributed by atoms with Gasteiger partial charge < -0.3 is 10.6 Å². The van der Waals surface area contributed by atoms with Crippen LogP contribution in [0.1, 0.15) is 30.5 Å². The second kappa shape index (κ2) is 5.06. The fourth-order valence-corrected chi connectivity index (χ4v) is 2.76. The standard InChI is InChI=1S/C17H20N2/c1-13(18)14-8-10-16(11-9-14)19-12-4-6-15-5-2-3-7-17(15)19/h2-3,5,7-11,13H,4,6,12,18H2,1H3. The van der Waals surface area contributed by atoms with E-state index in [4.69, 9.17) is 5.73 Å². The molecule has 1 atom stereocenters. The summed E-state index contributed by atoms with van der Waals surface area (Å²) in [5.74, 6) is 0. The molecule has 1 unspecified atom stereocenters. The number of para-hydroxylation sites is 1. The minimum atomic E-state index is 0.0997. The van der Waals surface area contributed by atoms with E-state index in [1.165, 1.54) is 35.3 Å². The molecule has 0 amide bonds. The summed E-state index contributed by atoms with van der Waals surface area (Å²) < 4.78 is 0. The van der Waals surface area contributed by atoms with Crippen LogP contribution in [0, 0.1) is 0 Å². The normalized spacial score (nSPS) is 16.0. The molecule has 0 aromatic heterocycles. The summed E-state index contributed by atoms with van der Waals surface area (Å²) in [5.41, 5.74) is 11.2. The predicted octanol–water partition coefficient (Wildman–Crippen LogP) is 3.79. The van der Waals surface area contributed by atoms with Crippen molar-refractivity contribution in [3.05, 3.63) is 59.7 Å². The van der Waals surface area contributed by atoms with Crippen LogP contribution in [-0.4, -0.2) is 6.54 Å². The predicted molar refractivity (Wildman–Crippen MR) is 80.8 cm³/mol. The van der Waals surface area contributed by atoms with Gasteiger partial charge in [0.05, 0.1) is 0 Å². The summed E-state index contributed by atoms with van der Waals surface area (Å²) in [4.78, 5) is 2.41. The van der Waals surface area contributed by atoms with Gasteiger partial charge >= 0.3 is 0 Å². The molecule has 2 N–H and O–H groups in total. The molecule has 0 saturated carbocycles. The second-order valence-electron chi connectivity index (χ2n) is 5.26. The first-order chi connectivity index (χ1) is 9.25. The number of benzene rings is 2. The van der Waals surface area contributed by atoms with Gasteiger partial charge in [0.1, 0.15) is 0 Å². The number of rotatable bonds is 2. The van der Waals surface area contributed by atoms with Crippen LogP contribution in [0.4, 0.5) is 11.4 Å². The van der Waals surface area contributed by atoms with Crippen LogP contribution < -0.4 is 10.6 Å². The van der Waals surface area contributed by atoms with Gasteiger partial charge in [-0.2, -0.15) is 0 Å². The minimum Gasteiger partial charge on any atom is -0.341 e. The minimum absolute atomic E-state index is 0.0997. The maximum atomic E-state index is 5.91. The van der Waals surface area contributed by atoms with Gasteiger partial charge in [0.2, 0.25) is 0 Å². The third-order valence-corrected chi connectivity index (χ3v) is 3.84. The number of nitrogens with zero attached hydrogens (tertiary/aromatic N) is 1. The number of hydrogen-bond donors (Lipinski definition) is 1. The zero-order valence-corrected chi connectivity index (χ0v) is 11.3. The summed E-state index contributed by atoms with van der Waals surface area (Å²) in [7, 11) is 0. The van der Waals surface area contributed by atoms with Crippen molar-refractivity contribution in [3.8, 4) is 0 Å². The van der Waals surface area contributed by atoms with Gasteiger partial charge in [0, 0.05) is 24.0 Å². The molecule has 19 heavy (non-hydrogen) atoms. The van der Waals surface area contributed by atoms with Gasteiger partial charge in [-0.1, -0.05) is 30.3 Å². The summed E-state index contributed by atoms with van der Waals surface area (Å²) in [5, 5.41) is 0. The monoisotopic (exact) mass is 252 g/mol. The summed E-state index contributed by atoms with van der Waals surface area (Å²) >= 11 is 0. The zero-order valence-electron chi connectivity index (χ0n) is 11.3. The lowest BCUT2D eigenvalue weighted by Gasteiger charge is -2.31. The first-order valence-electron chi connectivity index (χ1n) is 6.97. The lowest BCUT2D eigenvalue weighted by molar-refractivity contribution is 0.765. The van der Waals surface area contributed by atoms with E-state index >= 15 is 0 Å². The van der Waals surface area contributed by atoms with E-state index in [0.717, 1.165) is 6.54 Å². The van der Waals surface area contributed by atoms with Crippen LogP contribution in [-0.2, 0) is 6.42 Å². The molecule has 0 radical (unpaired) electrons. The van der Waals surface area contributed by atoms with Gasteiger partial charge in [0.15, 0.2) is 0 Å². The lowest BCUT2D eigenvalue weighted by Crippen LogP contribution is -2.24. The second-order valence-corrected chi connectivity index (χ2v) is 5.26. The molecule has 0 bridgehead atoms. The molecule has 2 aromatic carbocycles. The molecule has 98 valence electrons. The smallest absolute Gasteiger partial charge is 0.0443 e. The molecule has 1 heterocycles. The summed E-state index contributed by atoms with van der Waals surface area (Å²) in [6.45, 7) is 3.11. The van der Waals surface area contributed by atoms with Crippen molar-refractivity contribution in [2.24, 2.45) is 5.73 Å². The Hall–Kier alpha value is -1.80. The lowest BCUT2D eigenvalue weighted by atomic mass is 10.0. The average molecular weight is 252 g/mol. The first-order valence-corrected chi connectivity index (χ1v) is 6.97. The molecule has 2 aromatic rings. The molecular formula is C17H20N2. The maximum absolute atomic E-state index is 5.91. The Kier molecular flexibility index (Phi) is 3.26. The number of aryl methyl sites for hydroxylation is 1. The number of nitrogens with two attached hydrogens (primary N) is 1. The molecule has 3 rings (SSSR count). The zero-order chi connectivity index (χ0) is 13.2. The van der Waals surface area contributed by atoms with Crippen LogP contribution in [0.25, 0.3) is 0 Å². The van der Waals surface area contributed by atoms with E-state index in [0.29, 0.717) is 0 Å². The summed E-state index contributed by atoms with van der Waals surface area (Å²) in [6, 6.07) is 17.4. The maximum Gasteiger partial charge on any atom is 0.0443 e. The molecule has 1 aliphatic rings. The van der Waals surface area contributed by atoms with Crippen molar-refractivity contribution in [1.82, 2.24) is 0 Å². The number of fused-ring (bicyclic) bond motifs is 1. The van der Waals surface area contributed by atoms with Crippen LogP contribution in [0.15, 0.2) is 48.5 Å². The van der Waals surface area contributed by atoms with E-state index in [1.807, 2.05) is 6.92 Å². The average Bonchev–Trinajstić information content (AvgIpc) is 2.47. The molecule has 2 nitrogen and oxygen atoms in total. The van der Waals surface area contributed by atoms with Crippen LogP contribution in [0.5, 0.6) is 0 Å². The van der Waals surface area contributed by atoms with Crippen molar-refractivity contribution >= 4 is 11.4 Å². The topological polar surface area (TPSA) is 29.3 Å². The van der Waals surface area contributed by atoms with Crippen molar-refractivity contribution in [2.75, 3.05) is 11.4 Å². The van der Waals surface area contributed by atoms with Crippen molar-refractivity contribution < 1.29 is 0 Å². The highest BCUT2D eigenvalue weighted by Gasteiger charge is 2.17. The Bertz CT molecular complexity index is 558. The fourth-order valence-electron chi connectivity index (χ4n) is 2.76. The Labute approximate surface area is 114 Å². The van der Waals surface area contributed by atoms with Crippen LogP contribution in [0.3, 0.4) is 0 Å². The SMILES string of the molecule is CC(N)c1ccc(N2CCCc3ccccc32)cc1. The third-order valence-electron chi connectivity index (χ3n) is 3.84. The number of anilines is 2. The molecule has 2 heteroatoms. The van der Waals surface area contributed by atoms with Gasteiger partial charge in [-0.05, 0) is 49.1 Å². The molecule has 0 spiro atoms. The van der Waals surface area contributed by atoms with Gasteiger partial charge in [-0.3, -0.25) is 0 Å². The van der Waals surface area contributed by atoms with E-state index in [2.05, 4.69) is 53.4 Å². The largest absolute Gasteiger partial charge is 0.341 e. The molecule has 0 saturated heterocycles. The van der Waals surface area contributed by atoms with Crippen molar-refractivity contribution in [1.29, 1.82) is 0 Å². The highest BCUT2D eigenvalue weighted by molar-refractivity contribution is 5.67. The van der Waals surface area contributed by atoms with E-state index in [1.54, 1.807) is 0 Å². The Morgan fingerprint density at radius 3 is 2.53 bits per heavy atom. The molecule has 0 fully saturated rings. The van der Waals surface area contributed by atoms with Crippen molar-refractivity contribution in [3.63, 3.8) is 0 Å². The van der Waals surface area contributed by atoms with Gasteiger partial charge in [-0.15, -0.1) is 0 Å². The third kappa shape index (κ3) is 2.36. The fraction of sp³-hybridized carbons (Fsp3) is 0.294. The van der Waals surface area contributed by atoms with Gasteiger partial charge in [0.25, 0.3) is 0 Å². The highest BCUT2D eigenvalue weighted by Crippen LogP contribution is 2.33. The molecule has 0 aliphatic carbocycles. The van der Waals surface area contributed by atoms with Crippen LogP contribution in [0.2, 0.25) is 0 Å². The Balaban J connectivity index is 1.95. The van der Waals surface area contributed by atoms with Crippen molar-refractivity contribution in [2.45, 2.75) is 25.8 Å². The number of hydrogen-bond acceptors (Lipinski definition) is 2. The quantitative estimate of drug-likeness (QED) is 0.881. The molecular weight excluding hydrogens is 232 g/mol. The molecule has 1 aliphatic heterocycles. The summed E-state index contributed by atoms with van der Waals surface area (Å²) in [6.07, 6.45) is 2.40. The Morgan fingerprint density at radius 1 is 1.05 bits per heavy atom. The Morgan fingerprint density at radius 2 is 1.79 bits per heavy atom. The van der Waals surface area contributed by atoms with Crippen LogP contribution >= 0.6 is 0 Å². The van der Waals surface area contributed by atoms with Gasteiger partial charge in [-0.25, -0.2) is 0 Å². The van der Waals surface area contributed by atoms with E-state index in [-0.39, 0.29) is 6.04 Å².